The number of pyridine rings is 1. The highest BCUT2D eigenvalue weighted by Gasteiger charge is 2.22. The molecule has 4 heteroatoms. The molecule has 0 aliphatic carbocycles. The first kappa shape index (κ1) is 36.4. The summed E-state index contributed by atoms with van der Waals surface area (Å²) < 4.78 is 2.47. The summed E-state index contributed by atoms with van der Waals surface area (Å²) in [6, 6.07) is 87.0. The van der Waals surface area contributed by atoms with E-state index in [1.54, 1.807) is 0 Å². The third kappa shape index (κ3) is 6.27. The number of hydrogen-bond donors (Lipinski definition) is 0. The number of para-hydroxylation sites is 4. The quantitative estimate of drug-likeness (QED) is 0.143. The van der Waals surface area contributed by atoms with Crippen LogP contribution in [0.25, 0.3) is 71.2 Å². The average Bonchev–Trinajstić information content (AvgIpc) is 3.70. The summed E-state index contributed by atoms with van der Waals surface area (Å²) in [4.78, 5) is 9.98. The summed E-state index contributed by atoms with van der Waals surface area (Å²) in [6.45, 7) is 0. The van der Waals surface area contributed by atoms with E-state index in [0.29, 0.717) is 0 Å². The maximum absolute atomic E-state index is 5.30. The normalized spacial score (nSPS) is 11.5. The monoisotopic (exact) mass is 804 g/mol. The second-order valence-corrected chi connectivity index (χ2v) is 16.0. The topological polar surface area (TPSA) is 24.3 Å². The van der Waals surface area contributed by atoms with Crippen LogP contribution in [0.2, 0.25) is 0 Å². The van der Waals surface area contributed by atoms with Crippen molar-refractivity contribution < 1.29 is 0 Å². The number of hydrogen-bond acceptors (Lipinski definition) is 3. The number of anilines is 6. The summed E-state index contributed by atoms with van der Waals surface area (Å²) in [5.74, 6) is 0. The van der Waals surface area contributed by atoms with Crippen molar-refractivity contribution in [1.82, 2.24) is 9.55 Å². The van der Waals surface area contributed by atoms with Gasteiger partial charge in [-0.2, -0.15) is 0 Å². The Bertz CT molecular complexity index is 3580. The van der Waals surface area contributed by atoms with Gasteiger partial charge in [-0.15, -0.1) is 0 Å². The SMILES string of the molecule is c1ccc(-c2nc3ccccc3c3c2ccc2c4ccccc4n(-c4cccc(N(c5ccc(N(c6ccccc6)c6ccccc6)cc5)c5ccc6ccccc6c5)c4)c23)cc1. The number of aromatic nitrogens is 2. The molecular formula is C59H40N4. The first-order valence-electron chi connectivity index (χ1n) is 21.5. The average molecular weight is 805 g/mol. The summed E-state index contributed by atoms with van der Waals surface area (Å²) >= 11 is 0. The molecule has 0 amide bonds. The molecule has 63 heavy (non-hydrogen) atoms. The van der Waals surface area contributed by atoms with Crippen LogP contribution in [0.4, 0.5) is 34.1 Å². The molecule has 0 unspecified atom stereocenters. The van der Waals surface area contributed by atoms with Crippen LogP contribution in [0, 0.1) is 0 Å². The number of benzene rings is 10. The lowest BCUT2D eigenvalue weighted by molar-refractivity contribution is 1.17. The molecule has 12 rings (SSSR count). The highest BCUT2D eigenvalue weighted by molar-refractivity contribution is 6.27. The Balaban J connectivity index is 1.08. The van der Waals surface area contributed by atoms with Gasteiger partial charge in [0.25, 0.3) is 0 Å². The minimum atomic E-state index is 0.978. The Kier molecular flexibility index (Phi) is 8.79. The van der Waals surface area contributed by atoms with Crippen LogP contribution in [0.5, 0.6) is 0 Å². The Morgan fingerprint density at radius 1 is 0.333 bits per heavy atom. The summed E-state index contributed by atoms with van der Waals surface area (Å²) in [5.41, 5.74) is 13.0. The van der Waals surface area contributed by atoms with Gasteiger partial charge in [0.1, 0.15) is 0 Å². The molecule has 2 aromatic heterocycles. The van der Waals surface area contributed by atoms with Crippen molar-refractivity contribution in [3.05, 3.63) is 243 Å². The smallest absolute Gasteiger partial charge is 0.0788 e. The molecule has 0 radical (unpaired) electrons. The number of rotatable bonds is 8. The maximum Gasteiger partial charge on any atom is 0.0788 e. The molecule has 0 spiro atoms. The van der Waals surface area contributed by atoms with Gasteiger partial charge in [0, 0.05) is 72.3 Å². The van der Waals surface area contributed by atoms with E-state index < -0.39 is 0 Å². The Morgan fingerprint density at radius 2 is 0.857 bits per heavy atom. The van der Waals surface area contributed by atoms with Crippen LogP contribution >= 0.6 is 0 Å². The molecule has 0 aliphatic heterocycles. The van der Waals surface area contributed by atoms with Crippen molar-refractivity contribution >= 4 is 88.4 Å². The highest BCUT2D eigenvalue weighted by atomic mass is 15.2. The predicted molar refractivity (Wildman–Crippen MR) is 266 cm³/mol. The lowest BCUT2D eigenvalue weighted by Gasteiger charge is -2.29. The fraction of sp³-hybridized carbons (Fsp3) is 0. The number of fused-ring (bicyclic) bond motifs is 8. The zero-order valence-corrected chi connectivity index (χ0v) is 34.4. The summed E-state index contributed by atoms with van der Waals surface area (Å²) in [5, 5.41) is 8.28. The molecule has 10 aromatic carbocycles. The zero-order chi connectivity index (χ0) is 41.7. The Labute approximate surface area is 365 Å². The molecule has 296 valence electrons. The van der Waals surface area contributed by atoms with Crippen LogP contribution < -0.4 is 9.80 Å². The molecule has 2 heterocycles. The van der Waals surface area contributed by atoms with Gasteiger partial charge in [-0.3, -0.25) is 0 Å². The number of nitrogens with zero attached hydrogens (tertiary/aromatic N) is 4. The predicted octanol–water partition coefficient (Wildman–Crippen LogP) is 16.2. The van der Waals surface area contributed by atoms with Gasteiger partial charge in [0.15, 0.2) is 0 Å². The highest BCUT2D eigenvalue weighted by Crippen LogP contribution is 2.44. The van der Waals surface area contributed by atoms with E-state index in [-0.39, 0.29) is 0 Å². The van der Waals surface area contributed by atoms with Crippen molar-refractivity contribution in [3.63, 3.8) is 0 Å². The van der Waals surface area contributed by atoms with Gasteiger partial charge >= 0.3 is 0 Å². The molecular weight excluding hydrogens is 765 g/mol. The molecule has 0 bridgehead atoms. The van der Waals surface area contributed by atoms with Crippen molar-refractivity contribution in [3.8, 4) is 16.9 Å². The van der Waals surface area contributed by atoms with Crippen molar-refractivity contribution in [2.75, 3.05) is 9.80 Å². The minimum absolute atomic E-state index is 0.978. The molecule has 0 fully saturated rings. The second-order valence-electron chi connectivity index (χ2n) is 16.0. The molecule has 4 nitrogen and oxygen atoms in total. The first-order valence-corrected chi connectivity index (χ1v) is 21.5. The summed E-state index contributed by atoms with van der Waals surface area (Å²) in [7, 11) is 0. The lowest BCUT2D eigenvalue weighted by Crippen LogP contribution is -2.12. The maximum atomic E-state index is 5.30. The Morgan fingerprint density at radius 3 is 1.59 bits per heavy atom. The van der Waals surface area contributed by atoms with Gasteiger partial charge in [0.2, 0.25) is 0 Å². The van der Waals surface area contributed by atoms with E-state index in [1.165, 1.54) is 32.4 Å². The zero-order valence-electron chi connectivity index (χ0n) is 34.4. The summed E-state index contributed by atoms with van der Waals surface area (Å²) in [6.07, 6.45) is 0. The van der Waals surface area contributed by atoms with Gasteiger partial charge < -0.3 is 14.4 Å². The van der Waals surface area contributed by atoms with E-state index in [4.69, 9.17) is 4.98 Å². The van der Waals surface area contributed by atoms with Crippen molar-refractivity contribution in [2.24, 2.45) is 0 Å². The Hall–Kier alpha value is -8.47. The largest absolute Gasteiger partial charge is 0.311 e. The van der Waals surface area contributed by atoms with E-state index in [9.17, 15) is 0 Å². The van der Waals surface area contributed by atoms with Crippen LogP contribution in [0.1, 0.15) is 0 Å². The van der Waals surface area contributed by atoms with Crippen LogP contribution in [-0.4, -0.2) is 9.55 Å². The third-order valence-corrected chi connectivity index (χ3v) is 12.3. The lowest BCUT2D eigenvalue weighted by atomic mass is 9.97. The fourth-order valence-corrected chi connectivity index (χ4v) is 9.46. The molecule has 0 N–H and O–H groups in total. The van der Waals surface area contributed by atoms with Crippen LogP contribution in [0.3, 0.4) is 0 Å². The van der Waals surface area contributed by atoms with E-state index >= 15 is 0 Å². The van der Waals surface area contributed by atoms with Crippen molar-refractivity contribution in [1.29, 1.82) is 0 Å². The van der Waals surface area contributed by atoms with Crippen molar-refractivity contribution in [2.45, 2.75) is 0 Å². The van der Waals surface area contributed by atoms with Crippen LogP contribution in [-0.2, 0) is 0 Å². The minimum Gasteiger partial charge on any atom is -0.311 e. The van der Waals surface area contributed by atoms with E-state index in [2.05, 4.69) is 257 Å². The van der Waals surface area contributed by atoms with E-state index in [1.807, 2.05) is 0 Å². The van der Waals surface area contributed by atoms with Gasteiger partial charge in [-0.05, 0) is 102 Å². The third-order valence-electron chi connectivity index (χ3n) is 12.3. The molecule has 12 aromatic rings. The second kappa shape index (κ2) is 15.2. The molecule has 0 saturated heterocycles. The van der Waals surface area contributed by atoms with Gasteiger partial charge in [-0.25, -0.2) is 4.98 Å². The molecule has 0 saturated carbocycles. The molecule has 0 aliphatic rings. The van der Waals surface area contributed by atoms with Crippen LogP contribution in [0.15, 0.2) is 243 Å². The standard InChI is InChI=1S/C59H40N4/c1-4-18-42(19-5-1)58-54-38-37-52-51-27-13-15-30-56(51)63(59(52)57(54)53-28-12-14-29-55(53)60-58)49-26-16-25-48(40-49)62(50-32-31-41-17-10-11-20-43(41)39-50)47-35-33-46(34-36-47)61(44-21-6-2-7-22-44)45-23-8-3-9-24-45/h1-40H. The fourth-order valence-electron chi connectivity index (χ4n) is 9.46. The van der Waals surface area contributed by atoms with E-state index in [0.717, 1.165) is 72.9 Å². The first-order chi connectivity index (χ1) is 31.3. The molecule has 0 atom stereocenters. The van der Waals surface area contributed by atoms with Gasteiger partial charge in [0.05, 0.1) is 22.2 Å². The van der Waals surface area contributed by atoms with Gasteiger partial charge in [-0.1, -0.05) is 152 Å².